The summed E-state index contributed by atoms with van der Waals surface area (Å²) in [4.78, 5) is 26.4. The highest BCUT2D eigenvalue weighted by Crippen LogP contribution is 2.41. The van der Waals surface area contributed by atoms with Crippen molar-refractivity contribution in [1.29, 1.82) is 0 Å². The molecule has 1 aromatic carbocycles. The maximum absolute atomic E-state index is 12.5. The minimum atomic E-state index is -0.943. The molecule has 1 saturated carbocycles. The number of aliphatic hydroxyl groups excluding tert-OH is 1. The zero-order valence-electron chi connectivity index (χ0n) is 15.2. The lowest BCUT2D eigenvalue weighted by Gasteiger charge is -2.48. The first kappa shape index (κ1) is 17.5. The SMILES string of the molecule is CC(=O)N1c2ccccc2O[C@@H]2CC[C@@H](NC(=O)c3cnn(C)c3)[C@@H](O)[C@@H]21. The third kappa shape index (κ3) is 3.06. The Hall–Kier alpha value is -2.87. The fourth-order valence-electron chi connectivity index (χ4n) is 4.00. The fourth-order valence-corrected chi connectivity index (χ4v) is 4.00. The minimum Gasteiger partial charge on any atom is -0.486 e. The van der Waals surface area contributed by atoms with Crippen LogP contribution in [0.4, 0.5) is 5.69 Å². The number of para-hydroxylation sites is 2. The van der Waals surface area contributed by atoms with Gasteiger partial charge in [-0.05, 0) is 25.0 Å². The van der Waals surface area contributed by atoms with Crippen molar-refractivity contribution in [3.05, 3.63) is 42.2 Å². The Bertz CT molecular complexity index is 880. The van der Waals surface area contributed by atoms with Gasteiger partial charge < -0.3 is 15.2 Å². The van der Waals surface area contributed by atoms with Gasteiger partial charge in [-0.25, -0.2) is 0 Å². The van der Waals surface area contributed by atoms with Crippen LogP contribution < -0.4 is 15.0 Å². The number of hydrogen-bond donors (Lipinski definition) is 2. The van der Waals surface area contributed by atoms with Crippen molar-refractivity contribution in [1.82, 2.24) is 15.1 Å². The number of carbonyl (C=O) groups is 2. The van der Waals surface area contributed by atoms with E-state index in [2.05, 4.69) is 10.4 Å². The number of nitrogens with zero attached hydrogens (tertiary/aromatic N) is 3. The van der Waals surface area contributed by atoms with E-state index >= 15 is 0 Å². The van der Waals surface area contributed by atoms with Gasteiger partial charge in [-0.1, -0.05) is 12.1 Å². The van der Waals surface area contributed by atoms with Gasteiger partial charge in [-0.3, -0.25) is 19.2 Å². The third-order valence-corrected chi connectivity index (χ3v) is 5.23. The standard InChI is InChI=1S/C19H22N4O4/c1-11(24)23-14-5-3-4-6-15(14)27-16-8-7-13(18(25)17(16)23)21-19(26)12-9-20-22(2)10-12/h3-6,9-10,13,16-18,25H,7-8H2,1-2H3,(H,21,26)/t13-,16-,17-,18-/m1/s1. The number of amides is 2. The number of aliphatic hydroxyl groups is 1. The normalized spacial score (nSPS) is 26.6. The minimum absolute atomic E-state index is 0.168. The quantitative estimate of drug-likeness (QED) is 0.817. The van der Waals surface area contributed by atoms with Gasteiger partial charge in [0.25, 0.3) is 5.91 Å². The molecule has 8 nitrogen and oxygen atoms in total. The van der Waals surface area contributed by atoms with E-state index in [9.17, 15) is 14.7 Å². The Morgan fingerprint density at radius 2 is 2.07 bits per heavy atom. The van der Waals surface area contributed by atoms with E-state index in [1.807, 2.05) is 18.2 Å². The second-order valence-electron chi connectivity index (χ2n) is 7.05. The molecule has 1 aliphatic heterocycles. The van der Waals surface area contributed by atoms with E-state index in [0.717, 1.165) is 0 Å². The summed E-state index contributed by atoms with van der Waals surface area (Å²) in [5.41, 5.74) is 1.07. The lowest BCUT2D eigenvalue weighted by atomic mass is 9.83. The number of ether oxygens (including phenoxy) is 1. The van der Waals surface area contributed by atoms with Gasteiger partial charge >= 0.3 is 0 Å². The molecule has 142 valence electrons. The molecule has 1 aromatic heterocycles. The van der Waals surface area contributed by atoms with E-state index in [1.165, 1.54) is 13.1 Å². The van der Waals surface area contributed by atoms with Crippen molar-refractivity contribution in [2.45, 2.75) is 44.1 Å². The molecular weight excluding hydrogens is 348 g/mol. The summed E-state index contributed by atoms with van der Waals surface area (Å²) in [6.07, 6.45) is 3.02. The Labute approximate surface area is 156 Å². The molecule has 8 heteroatoms. The van der Waals surface area contributed by atoms with E-state index < -0.39 is 18.2 Å². The van der Waals surface area contributed by atoms with E-state index in [0.29, 0.717) is 29.8 Å². The molecule has 0 spiro atoms. The van der Waals surface area contributed by atoms with Gasteiger partial charge in [0.05, 0.1) is 29.6 Å². The van der Waals surface area contributed by atoms with Crippen molar-refractivity contribution >= 4 is 17.5 Å². The maximum Gasteiger partial charge on any atom is 0.254 e. The monoisotopic (exact) mass is 370 g/mol. The van der Waals surface area contributed by atoms with Crippen LogP contribution in [0, 0.1) is 0 Å². The molecule has 0 unspecified atom stereocenters. The van der Waals surface area contributed by atoms with Crippen molar-refractivity contribution < 1.29 is 19.4 Å². The number of aryl methyl sites for hydroxylation is 1. The lowest BCUT2D eigenvalue weighted by Crippen LogP contribution is -2.65. The summed E-state index contributed by atoms with van der Waals surface area (Å²) in [6, 6.07) is 6.28. The number of hydrogen-bond acceptors (Lipinski definition) is 5. The second kappa shape index (κ2) is 6.70. The molecule has 2 aliphatic rings. The fraction of sp³-hybridized carbons (Fsp3) is 0.421. The molecule has 1 aliphatic carbocycles. The van der Waals surface area contributed by atoms with E-state index in [-0.39, 0.29) is 17.9 Å². The Balaban J connectivity index is 1.59. The van der Waals surface area contributed by atoms with Crippen LogP contribution in [0.2, 0.25) is 0 Å². The van der Waals surface area contributed by atoms with Gasteiger partial charge in [0.1, 0.15) is 17.9 Å². The van der Waals surface area contributed by atoms with Crippen LogP contribution in [-0.4, -0.2) is 51.0 Å². The molecule has 1 fully saturated rings. The highest BCUT2D eigenvalue weighted by atomic mass is 16.5. The number of anilines is 1. The molecule has 2 amide bonds. The Kier molecular flexibility index (Phi) is 4.35. The van der Waals surface area contributed by atoms with Crippen LogP contribution in [0.3, 0.4) is 0 Å². The number of carbonyl (C=O) groups excluding carboxylic acids is 2. The molecule has 0 radical (unpaired) electrons. The molecule has 2 heterocycles. The molecule has 27 heavy (non-hydrogen) atoms. The Morgan fingerprint density at radius 1 is 1.30 bits per heavy atom. The lowest BCUT2D eigenvalue weighted by molar-refractivity contribution is -0.119. The average molecular weight is 370 g/mol. The number of benzene rings is 1. The zero-order chi connectivity index (χ0) is 19.1. The van der Waals surface area contributed by atoms with E-state index in [1.54, 1.807) is 28.9 Å². The Morgan fingerprint density at radius 3 is 2.78 bits per heavy atom. The molecule has 0 saturated heterocycles. The molecule has 4 rings (SSSR count). The zero-order valence-corrected chi connectivity index (χ0v) is 15.2. The highest BCUT2D eigenvalue weighted by molar-refractivity contribution is 5.95. The second-order valence-corrected chi connectivity index (χ2v) is 7.05. The first-order valence-electron chi connectivity index (χ1n) is 8.99. The van der Waals surface area contributed by atoms with Gasteiger partial charge in [-0.15, -0.1) is 0 Å². The van der Waals surface area contributed by atoms with Gasteiger partial charge in [0, 0.05) is 20.2 Å². The van der Waals surface area contributed by atoms with Gasteiger partial charge in [0.15, 0.2) is 0 Å². The van der Waals surface area contributed by atoms with Crippen LogP contribution >= 0.6 is 0 Å². The van der Waals surface area contributed by atoms with E-state index in [4.69, 9.17) is 4.74 Å². The van der Waals surface area contributed by atoms with Crippen molar-refractivity contribution in [2.24, 2.45) is 7.05 Å². The number of rotatable bonds is 2. The molecule has 0 bridgehead atoms. The summed E-state index contributed by atoms with van der Waals surface area (Å²) in [5.74, 6) is 0.176. The van der Waals surface area contributed by atoms with Crippen LogP contribution in [0.1, 0.15) is 30.1 Å². The predicted molar refractivity (Wildman–Crippen MR) is 97.5 cm³/mol. The smallest absolute Gasteiger partial charge is 0.254 e. The summed E-state index contributed by atoms with van der Waals surface area (Å²) < 4.78 is 7.60. The largest absolute Gasteiger partial charge is 0.486 e. The highest BCUT2D eigenvalue weighted by Gasteiger charge is 2.48. The molecule has 4 atom stereocenters. The van der Waals surface area contributed by atoms with Crippen molar-refractivity contribution in [3.8, 4) is 5.75 Å². The van der Waals surface area contributed by atoms with Crippen LogP contribution in [0.5, 0.6) is 5.75 Å². The summed E-state index contributed by atoms with van der Waals surface area (Å²) in [6.45, 7) is 1.48. The predicted octanol–water partition coefficient (Wildman–Crippen LogP) is 0.856. The molecule has 2 N–H and O–H groups in total. The number of nitrogens with one attached hydrogen (secondary N) is 1. The van der Waals surface area contributed by atoms with Crippen molar-refractivity contribution in [3.63, 3.8) is 0 Å². The maximum atomic E-state index is 12.5. The van der Waals surface area contributed by atoms with Crippen LogP contribution in [0.15, 0.2) is 36.7 Å². The van der Waals surface area contributed by atoms with Gasteiger partial charge in [-0.2, -0.15) is 5.10 Å². The van der Waals surface area contributed by atoms with Crippen LogP contribution in [0.25, 0.3) is 0 Å². The molecule has 2 aromatic rings. The first-order valence-corrected chi connectivity index (χ1v) is 8.99. The van der Waals surface area contributed by atoms with Gasteiger partial charge in [0.2, 0.25) is 5.91 Å². The first-order chi connectivity index (χ1) is 13.0. The number of fused-ring (bicyclic) bond motifs is 2. The van der Waals surface area contributed by atoms with Crippen LogP contribution in [-0.2, 0) is 11.8 Å². The summed E-state index contributed by atoms with van der Waals surface area (Å²) in [7, 11) is 1.73. The average Bonchev–Trinajstić information content (AvgIpc) is 3.08. The third-order valence-electron chi connectivity index (χ3n) is 5.23. The summed E-state index contributed by atoms with van der Waals surface area (Å²) in [5, 5.41) is 17.9. The molecular formula is C19H22N4O4. The topological polar surface area (TPSA) is 96.7 Å². The summed E-state index contributed by atoms with van der Waals surface area (Å²) >= 11 is 0. The number of aromatic nitrogens is 2. The van der Waals surface area contributed by atoms with Crippen molar-refractivity contribution in [2.75, 3.05) is 4.90 Å².